The molecule has 0 radical (unpaired) electrons. The van der Waals surface area contributed by atoms with Crippen molar-refractivity contribution in [2.45, 2.75) is 13.0 Å². The van der Waals surface area contributed by atoms with E-state index in [1.165, 1.54) is 11.3 Å². The zero-order valence-corrected chi connectivity index (χ0v) is 19.3. The van der Waals surface area contributed by atoms with Crippen molar-refractivity contribution >= 4 is 54.0 Å². The summed E-state index contributed by atoms with van der Waals surface area (Å²) >= 11 is 4.57. The Bertz CT molecular complexity index is 1130. The van der Waals surface area contributed by atoms with Crippen molar-refractivity contribution in [1.82, 2.24) is 9.71 Å². The summed E-state index contributed by atoms with van der Waals surface area (Å²) in [5, 5.41) is 9.80. The number of aromatic nitrogens is 1. The maximum Gasteiger partial charge on any atom is 0.285 e. The molecule has 0 aliphatic heterocycles. The SMILES string of the molecule is CS(=O)(=O)NC(=O)c1nc(N(Cc2ccccc2)c2cccc(CCO)c2)sc1Br. The van der Waals surface area contributed by atoms with Crippen LogP contribution in [0.4, 0.5) is 10.8 Å². The van der Waals surface area contributed by atoms with E-state index in [2.05, 4.69) is 20.9 Å². The third-order valence-corrected chi connectivity index (χ3v) is 6.39. The molecule has 1 aromatic heterocycles. The van der Waals surface area contributed by atoms with Crippen molar-refractivity contribution in [3.8, 4) is 0 Å². The molecule has 0 saturated heterocycles. The van der Waals surface area contributed by atoms with Gasteiger partial charge in [-0.3, -0.25) is 4.79 Å². The van der Waals surface area contributed by atoms with E-state index >= 15 is 0 Å². The molecule has 0 aliphatic carbocycles. The number of benzene rings is 2. The lowest BCUT2D eigenvalue weighted by Crippen LogP contribution is -2.30. The molecule has 3 rings (SSSR count). The molecule has 0 spiro atoms. The maximum absolute atomic E-state index is 12.3. The van der Waals surface area contributed by atoms with Crippen LogP contribution in [0.1, 0.15) is 21.6 Å². The predicted molar refractivity (Wildman–Crippen MR) is 122 cm³/mol. The molecule has 10 heteroatoms. The number of nitrogens with zero attached hydrogens (tertiary/aromatic N) is 2. The Labute approximate surface area is 187 Å². The number of aliphatic hydroxyl groups excluding tert-OH is 1. The number of carbonyl (C=O) groups is 1. The van der Waals surface area contributed by atoms with Gasteiger partial charge in [0.05, 0.1) is 12.8 Å². The lowest BCUT2D eigenvalue weighted by molar-refractivity contribution is 0.0977. The molecule has 3 aromatic rings. The summed E-state index contributed by atoms with van der Waals surface area (Å²) in [5.74, 6) is -0.791. The molecule has 0 atom stereocenters. The van der Waals surface area contributed by atoms with Crippen molar-refractivity contribution in [1.29, 1.82) is 0 Å². The van der Waals surface area contributed by atoms with Crippen LogP contribution in [-0.4, -0.2) is 37.3 Å². The van der Waals surface area contributed by atoms with Crippen molar-refractivity contribution in [2.24, 2.45) is 0 Å². The van der Waals surface area contributed by atoms with E-state index in [1.54, 1.807) is 0 Å². The van der Waals surface area contributed by atoms with Gasteiger partial charge in [-0.05, 0) is 45.6 Å². The van der Waals surface area contributed by atoms with Gasteiger partial charge in [0.25, 0.3) is 5.91 Å². The summed E-state index contributed by atoms with van der Waals surface area (Å²) in [6.07, 6.45) is 1.44. The van der Waals surface area contributed by atoms with Crippen LogP contribution < -0.4 is 9.62 Å². The molecule has 7 nitrogen and oxygen atoms in total. The number of hydrogen-bond acceptors (Lipinski definition) is 7. The minimum absolute atomic E-state index is 0.00463. The average Bonchev–Trinajstić information content (AvgIpc) is 3.08. The number of thiazole rings is 1. The third kappa shape index (κ3) is 5.88. The second-order valence-corrected chi connectivity index (χ2v) is 10.6. The summed E-state index contributed by atoms with van der Waals surface area (Å²) in [6.45, 7) is 0.539. The highest BCUT2D eigenvalue weighted by atomic mass is 79.9. The smallest absolute Gasteiger partial charge is 0.285 e. The molecule has 1 amide bonds. The maximum atomic E-state index is 12.3. The Balaban J connectivity index is 2.01. The molecule has 1 heterocycles. The highest BCUT2D eigenvalue weighted by Gasteiger charge is 2.23. The fraction of sp³-hybridized carbons (Fsp3) is 0.200. The molecule has 0 aliphatic rings. The highest BCUT2D eigenvalue weighted by Crippen LogP contribution is 2.36. The van der Waals surface area contributed by atoms with Crippen LogP contribution in [-0.2, 0) is 23.0 Å². The number of aliphatic hydroxyl groups is 1. The highest BCUT2D eigenvalue weighted by molar-refractivity contribution is 9.11. The van der Waals surface area contributed by atoms with Crippen molar-refractivity contribution < 1.29 is 18.3 Å². The lowest BCUT2D eigenvalue weighted by atomic mass is 10.1. The molecule has 0 unspecified atom stereocenters. The molecule has 2 N–H and O–H groups in total. The van der Waals surface area contributed by atoms with Gasteiger partial charge in [-0.15, -0.1) is 0 Å². The van der Waals surface area contributed by atoms with Gasteiger partial charge in [-0.2, -0.15) is 0 Å². The number of sulfonamides is 1. The number of amides is 1. The number of carbonyl (C=O) groups excluding carboxylic acids is 1. The second kappa shape index (κ2) is 9.69. The average molecular weight is 510 g/mol. The van der Waals surface area contributed by atoms with Gasteiger partial charge in [-0.1, -0.05) is 53.8 Å². The van der Waals surface area contributed by atoms with Crippen LogP contribution in [0.3, 0.4) is 0 Å². The van der Waals surface area contributed by atoms with E-state index < -0.39 is 15.9 Å². The molecule has 0 saturated carbocycles. The Kier molecular flexibility index (Phi) is 7.24. The molecule has 158 valence electrons. The van der Waals surface area contributed by atoms with Gasteiger partial charge < -0.3 is 10.0 Å². The normalized spacial score (nSPS) is 11.3. The first kappa shape index (κ1) is 22.4. The van der Waals surface area contributed by atoms with Gasteiger partial charge >= 0.3 is 0 Å². The fourth-order valence-corrected chi connectivity index (χ4v) is 4.76. The Hall–Kier alpha value is -2.27. The second-order valence-electron chi connectivity index (χ2n) is 6.54. The largest absolute Gasteiger partial charge is 0.396 e. The summed E-state index contributed by atoms with van der Waals surface area (Å²) < 4.78 is 25.2. The Morgan fingerprint density at radius 1 is 1.17 bits per heavy atom. The van der Waals surface area contributed by atoms with Crippen LogP contribution in [0.2, 0.25) is 0 Å². The quantitative estimate of drug-likeness (QED) is 0.482. The number of anilines is 2. The van der Waals surface area contributed by atoms with E-state index in [0.29, 0.717) is 21.9 Å². The van der Waals surface area contributed by atoms with E-state index in [9.17, 15) is 18.3 Å². The predicted octanol–water partition coefficient (Wildman–Crippen LogP) is 3.47. The van der Waals surface area contributed by atoms with Crippen LogP contribution in [0, 0.1) is 0 Å². The summed E-state index contributed by atoms with van der Waals surface area (Å²) in [5.41, 5.74) is 2.86. The molecule has 0 fully saturated rings. The van der Waals surface area contributed by atoms with E-state index in [-0.39, 0.29) is 12.3 Å². The van der Waals surface area contributed by atoms with Gasteiger partial charge in [-0.25, -0.2) is 18.1 Å². The van der Waals surface area contributed by atoms with Crippen LogP contribution >= 0.6 is 27.3 Å². The van der Waals surface area contributed by atoms with Crippen molar-refractivity contribution in [3.05, 3.63) is 75.2 Å². The molecule has 30 heavy (non-hydrogen) atoms. The van der Waals surface area contributed by atoms with Crippen LogP contribution in [0.5, 0.6) is 0 Å². The number of rotatable bonds is 8. The van der Waals surface area contributed by atoms with Crippen molar-refractivity contribution in [2.75, 3.05) is 17.8 Å². The number of nitrogens with one attached hydrogen (secondary N) is 1. The standard InChI is InChI=1S/C20H20BrN3O4S2/c1-30(27,28)23-19(26)17-18(21)29-20(22-17)24(13-15-6-3-2-4-7-15)16-9-5-8-14(12-16)10-11-25/h2-9,12,25H,10-11,13H2,1H3,(H,23,26). The Morgan fingerprint density at radius 2 is 1.87 bits per heavy atom. The molecular weight excluding hydrogens is 490 g/mol. The van der Waals surface area contributed by atoms with Gasteiger partial charge in [0.15, 0.2) is 10.8 Å². The van der Waals surface area contributed by atoms with Crippen molar-refractivity contribution in [3.63, 3.8) is 0 Å². The lowest BCUT2D eigenvalue weighted by Gasteiger charge is -2.23. The van der Waals surface area contributed by atoms with Crippen LogP contribution in [0.25, 0.3) is 0 Å². The zero-order valence-electron chi connectivity index (χ0n) is 16.1. The first-order chi connectivity index (χ1) is 14.3. The van der Waals surface area contributed by atoms with Gasteiger partial charge in [0.2, 0.25) is 10.0 Å². The molecule has 0 bridgehead atoms. The number of halogens is 1. The van der Waals surface area contributed by atoms with Gasteiger partial charge in [0, 0.05) is 12.3 Å². The van der Waals surface area contributed by atoms with E-state index in [1.807, 2.05) is 64.2 Å². The van der Waals surface area contributed by atoms with E-state index in [4.69, 9.17) is 0 Å². The topological polar surface area (TPSA) is 99.6 Å². The third-order valence-electron chi connectivity index (χ3n) is 4.10. The first-order valence-electron chi connectivity index (χ1n) is 8.96. The minimum Gasteiger partial charge on any atom is -0.396 e. The van der Waals surface area contributed by atoms with Gasteiger partial charge in [0.1, 0.15) is 3.79 Å². The minimum atomic E-state index is -3.70. The molecule has 2 aromatic carbocycles. The summed E-state index contributed by atoms with van der Waals surface area (Å²) in [7, 11) is -3.70. The fourth-order valence-electron chi connectivity index (χ4n) is 2.81. The Morgan fingerprint density at radius 3 is 2.53 bits per heavy atom. The van der Waals surface area contributed by atoms with Crippen LogP contribution in [0.15, 0.2) is 58.4 Å². The molecular formula is C20H20BrN3O4S2. The summed E-state index contributed by atoms with van der Waals surface area (Å²) in [4.78, 5) is 18.7. The summed E-state index contributed by atoms with van der Waals surface area (Å²) in [6, 6.07) is 17.5. The monoisotopic (exact) mass is 509 g/mol. The number of hydrogen-bond donors (Lipinski definition) is 2. The zero-order chi connectivity index (χ0) is 21.7. The first-order valence-corrected chi connectivity index (χ1v) is 12.5. The van der Waals surface area contributed by atoms with E-state index in [0.717, 1.165) is 23.1 Å².